The van der Waals surface area contributed by atoms with Gasteiger partial charge in [-0.3, -0.25) is 14.9 Å². The first-order chi connectivity index (χ1) is 9.97. The number of nitrogens with zero attached hydrogens (tertiary/aromatic N) is 2. The summed E-state index contributed by atoms with van der Waals surface area (Å²) < 4.78 is 0. The maximum atomic E-state index is 12.1. The van der Waals surface area contributed by atoms with Crippen LogP contribution in [-0.2, 0) is 4.79 Å². The monoisotopic (exact) mass is 286 g/mol. The molecule has 0 aromatic carbocycles. The van der Waals surface area contributed by atoms with Gasteiger partial charge in [-0.1, -0.05) is 6.07 Å². The van der Waals surface area contributed by atoms with Gasteiger partial charge in [-0.15, -0.1) is 0 Å². The Morgan fingerprint density at radius 3 is 2.62 bits per heavy atom. The van der Waals surface area contributed by atoms with E-state index in [0.717, 1.165) is 11.8 Å². The van der Waals surface area contributed by atoms with Crippen LogP contribution >= 0.6 is 0 Å². The largest absolute Gasteiger partial charge is 0.478 e. The Kier molecular flexibility index (Phi) is 4.13. The lowest BCUT2D eigenvalue weighted by Crippen LogP contribution is -2.14. The number of aromatic amines is 1. The number of anilines is 1. The number of H-pyrrole nitrogens is 1. The number of carbonyl (C=O) groups excluding carboxylic acids is 1. The van der Waals surface area contributed by atoms with Crippen molar-refractivity contribution in [3.8, 4) is 0 Å². The van der Waals surface area contributed by atoms with Crippen LogP contribution in [0.3, 0.4) is 0 Å². The molecule has 0 aliphatic carbocycles. The second-order valence-corrected chi connectivity index (χ2v) is 4.41. The standard InChI is InChI=1S/C14H14N4O3/c1-8-13(9(2)18-17-8)16-14(21)11-5-3-10(7-15-11)4-6-12(19)20/h3-7H,1-2H3,(H,16,21)(H,17,18)(H,19,20). The van der Waals surface area contributed by atoms with E-state index in [1.165, 1.54) is 18.3 Å². The van der Waals surface area contributed by atoms with Crippen LogP contribution in [0.25, 0.3) is 6.08 Å². The predicted octanol–water partition coefficient (Wildman–Crippen LogP) is 1.77. The summed E-state index contributed by atoms with van der Waals surface area (Å²) in [6, 6.07) is 3.15. The maximum Gasteiger partial charge on any atom is 0.328 e. The molecule has 7 heteroatoms. The first-order valence-corrected chi connectivity index (χ1v) is 6.17. The fourth-order valence-electron chi connectivity index (χ4n) is 1.72. The molecule has 2 aromatic heterocycles. The van der Waals surface area contributed by atoms with Gasteiger partial charge in [0.1, 0.15) is 5.69 Å². The summed E-state index contributed by atoms with van der Waals surface area (Å²) in [7, 11) is 0. The lowest BCUT2D eigenvalue weighted by Gasteiger charge is -2.04. The van der Waals surface area contributed by atoms with Gasteiger partial charge in [0.25, 0.3) is 5.91 Å². The quantitative estimate of drug-likeness (QED) is 0.742. The van der Waals surface area contributed by atoms with E-state index in [2.05, 4.69) is 20.5 Å². The molecule has 0 aliphatic rings. The summed E-state index contributed by atoms with van der Waals surface area (Å²) >= 11 is 0. The molecular formula is C14H14N4O3. The highest BCUT2D eigenvalue weighted by Crippen LogP contribution is 2.16. The Morgan fingerprint density at radius 2 is 2.10 bits per heavy atom. The number of hydrogen-bond donors (Lipinski definition) is 3. The maximum absolute atomic E-state index is 12.1. The molecule has 0 radical (unpaired) electrons. The van der Waals surface area contributed by atoms with Gasteiger partial charge in [0.05, 0.1) is 17.1 Å². The van der Waals surface area contributed by atoms with Gasteiger partial charge in [0.2, 0.25) is 0 Å². The van der Waals surface area contributed by atoms with Crippen molar-refractivity contribution in [3.05, 3.63) is 47.1 Å². The van der Waals surface area contributed by atoms with E-state index in [4.69, 9.17) is 5.11 Å². The van der Waals surface area contributed by atoms with Crippen LogP contribution < -0.4 is 5.32 Å². The third-order valence-electron chi connectivity index (χ3n) is 2.80. The molecule has 0 saturated heterocycles. The minimum atomic E-state index is -1.04. The predicted molar refractivity (Wildman–Crippen MR) is 76.9 cm³/mol. The molecule has 0 saturated carbocycles. The topological polar surface area (TPSA) is 108 Å². The third-order valence-corrected chi connectivity index (χ3v) is 2.80. The highest BCUT2D eigenvalue weighted by molar-refractivity contribution is 6.03. The number of aromatic nitrogens is 3. The SMILES string of the molecule is Cc1n[nH]c(C)c1NC(=O)c1ccc(C=CC(=O)O)cn1. The van der Waals surface area contributed by atoms with Gasteiger partial charge in [0, 0.05) is 12.3 Å². The first kappa shape index (κ1) is 14.4. The molecule has 2 rings (SSSR count). The third kappa shape index (κ3) is 3.53. The normalized spacial score (nSPS) is 10.8. The highest BCUT2D eigenvalue weighted by Gasteiger charge is 2.12. The molecule has 3 N–H and O–H groups in total. The zero-order valence-corrected chi connectivity index (χ0v) is 11.5. The van der Waals surface area contributed by atoms with Crippen molar-refractivity contribution < 1.29 is 14.7 Å². The molecule has 0 fully saturated rings. The number of rotatable bonds is 4. The fraction of sp³-hybridized carbons (Fsp3) is 0.143. The molecule has 0 unspecified atom stereocenters. The minimum absolute atomic E-state index is 0.238. The molecule has 0 aliphatic heterocycles. The van der Waals surface area contributed by atoms with Crippen LogP contribution in [0.2, 0.25) is 0 Å². The molecule has 2 aromatic rings. The molecule has 108 valence electrons. The number of pyridine rings is 1. The molecule has 0 atom stereocenters. The minimum Gasteiger partial charge on any atom is -0.478 e. The molecule has 0 bridgehead atoms. The molecule has 1 amide bonds. The van der Waals surface area contributed by atoms with E-state index in [-0.39, 0.29) is 11.6 Å². The molecule has 0 spiro atoms. The summed E-state index contributed by atoms with van der Waals surface area (Å²) in [5, 5.41) is 18.0. The summed E-state index contributed by atoms with van der Waals surface area (Å²) in [5.41, 5.74) is 2.94. The van der Waals surface area contributed by atoms with Crippen molar-refractivity contribution in [2.24, 2.45) is 0 Å². The number of aliphatic carboxylic acids is 1. The molecular weight excluding hydrogens is 272 g/mol. The first-order valence-electron chi connectivity index (χ1n) is 6.17. The van der Waals surface area contributed by atoms with Crippen molar-refractivity contribution >= 4 is 23.6 Å². The van der Waals surface area contributed by atoms with Crippen LogP contribution in [0, 0.1) is 13.8 Å². The zero-order chi connectivity index (χ0) is 15.4. The van der Waals surface area contributed by atoms with E-state index in [1.54, 1.807) is 13.0 Å². The Hall–Kier alpha value is -2.96. The van der Waals surface area contributed by atoms with E-state index in [1.807, 2.05) is 6.92 Å². The van der Waals surface area contributed by atoms with Crippen LogP contribution in [0.1, 0.15) is 27.4 Å². The van der Waals surface area contributed by atoms with Crippen molar-refractivity contribution in [3.63, 3.8) is 0 Å². The average Bonchev–Trinajstić information content (AvgIpc) is 2.77. The Morgan fingerprint density at radius 1 is 1.33 bits per heavy atom. The number of amides is 1. The van der Waals surface area contributed by atoms with E-state index in [9.17, 15) is 9.59 Å². The Bertz CT molecular complexity index is 682. The van der Waals surface area contributed by atoms with Gasteiger partial charge in [-0.05, 0) is 31.6 Å². The van der Waals surface area contributed by atoms with Crippen LogP contribution in [0.15, 0.2) is 24.4 Å². The van der Waals surface area contributed by atoms with Crippen LogP contribution in [0.4, 0.5) is 5.69 Å². The molecule has 7 nitrogen and oxygen atoms in total. The van der Waals surface area contributed by atoms with E-state index in [0.29, 0.717) is 16.9 Å². The summed E-state index contributed by atoms with van der Waals surface area (Å²) in [6.07, 6.45) is 3.85. The van der Waals surface area contributed by atoms with Gasteiger partial charge in [-0.2, -0.15) is 5.10 Å². The van der Waals surface area contributed by atoms with E-state index < -0.39 is 5.97 Å². The summed E-state index contributed by atoms with van der Waals surface area (Å²) in [6.45, 7) is 3.59. The second-order valence-electron chi connectivity index (χ2n) is 4.41. The number of nitrogens with one attached hydrogen (secondary N) is 2. The number of carboxylic acid groups (broad SMARTS) is 1. The molecule has 21 heavy (non-hydrogen) atoms. The van der Waals surface area contributed by atoms with Gasteiger partial charge in [0.15, 0.2) is 0 Å². The molecule has 2 heterocycles. The highest BCUT2D eigenvalue weighted by atomic mass is 16.4. The Labute approximate surface area is 120 Å². The summed E-state index contributed by atoms with van der Waals surface area (Å²) in [4.78, 5) is 26.5. The summed E-state index contributed by atoms with van der Waals surface area (Å²) in [5.74, 6) is -1.39. The van der Waals surface area contributed by atoms with Gasteiger partial charge in [-0.25, -0.2) is 4.79 Å². The lowest BCUT2D eigenvalue weighted by atomic mass is 10.2. The van der Waals surface area contributed by atoms with Crippen molar-refractivity contribution in [1.29, 1.82) is 0 Å². The number of hydrogen-bond acceptors (Lipinski definition) is 4. The van der Waals surface area contributed by atoms with E-state index >= 15 is 0 Å². The van der Waals surface area contributed by atoms with Gasteiger partial charge < -0.3 is 10.4 Å². The van der Waals surface area contributed by atoms with Crippen LogP contribution in [0.5, 0.6) is 0 Å². The zero-order valence-electron chi connectivity index (χ0n) is 11.5. The van der Waals surface area contributed by atoms with Crippen LogP contribution in [-0.4, -0.2) is 32.2 Å². The van der Waals surface area contributed by atoms with Crippen molar-refractivity contribution in [1.82, 2.24) is 15.2 Å². The second kappa shape index (κ2) is 6.00. The number of carboxylic acids is 1. The lowest BCUT2D eigenvalue weighted by molar-refractivity contribution is -0.131. The number of aryl methyl sites for hydroxylation is 2. The van der Waals surface area contributed by atoms with Gasteiger partial charge >= 0.3 is 5.97 Å². The smallest absolute Gasteiger partial charge is 0.328 e. The number of carbonyl (C=O) groups is 2. The Balaban J connectivity index is 2.12. The average molecular weight is 286 g/mol. The van der Waals surface area contributed by atoms with Crippen molar-refractivity contribution in [2.45, 2.75) is 13.8 Å². The van der Waals surface area contributed by atoms with Crippen molar-refractivity contribution in [2.75, 3.05) is 5.32 Å². The fourth-order valence-corrected chi connectivity index (χ4v) is 1.72.